The molecule has 1 aromatic rings. The summed E-state index contributed by atoms with van der Waals surface area (Å²) in [6.45, 7) is 3.16. The van der Waals surface area contributed by atoms with Crippen molar-refractivity contribution in [3.05, 3.63) is 42.5 Å². The third-order valence-electron chi connectivity index (χ3n) is 3.15. The summed E-state index contributed by atoms with van der Waals surface area (Å²) in [5.41, 5.74) is 0. The summed E-state index contributed by atoms with van der Waals surface area (Å²) >= 11 is 1.81. The van der Waals surface area contributed by atoms with Gasteiger partial charge in [0.15, 0.2) is 0 Å². The number of thioether (sulfide) groups is 1. The number of nitrogens with one attached hydrogen (secondary N) is 1. The first-order chi connectivity index (χ1) is 8.81. The molecule has 0 radical (unpaired) electrons. The van der Waals surface area contributed by atoms with Gasteiger partial charge in [0.2, 0.25) is 0 Å². The van der Waals surface area contributed by atoms with E-state index in [9.17, 15) is 5.11 Å². The standard InChI is InChI=1S/C15H21NOS/c1-2-3-11-16-15-13(17)9-10-14(15)18-12-7-5-4-6-8-12/h4-10,13-17H,2-3,11H2,1H3/t13-,14+,15+/m0/s1. The Bertz CT molecular complexity index is 379. The van der Waals surface area contributed by atoms with Gasteiger partial charge in [-0.15, -0.1) is 11.8 Å². The van der Waals surface area contributed by atoms with Crippen LogP contribution in [0, 0.1) is 0 Å². The van der Waals surface area contributed by atoms with Crippen LogP contribution in [0.5, 0.6) is 0 Å². The number of unbranched alkanes of at least 4 members (excludes halogenated alkanes) is 1. The molecular formula is C15H21NOS. The van der Waals surface area contributed by atoms with Crippen molar-refractivity contribution in [1.82, 2.24) is 5.32 Å². The summed E-state index contributed by atoms with van der Waals surface area (Å²) in [5, 5.41) is 13.8. The van der Waals surface area contributed by atoms with Crippen molar-refractivity contribution in [2.24, 2.45) is 0 Å². The Morgan fingerprint density at radius 2 is 2.00 bits per heavy atom. The molecule has 0 aliphatic heterocycles. The fraction of sp³-hybridized carbons (Fsp3) is 0.467. The Morgan fingerprint density at radius 1 is 1.22 bits per heavy atom. The fourth-order valence-corrected chi connectivity index (χ4v) is 3.31. The third kappa shape index (κ3) is 3.61. The third-order valence-corrected chi connectivity index (χ3v) is 4.41. The van der Waals surface area contributed by atoms with Crippen LogP contribution in [0.1, 0.15) is 19.8 Å². The summed E-state index contributed by atoms with van der Waals surface area (Å²) in [5.74, 6) is 0. The molecule has 2 nitrogen and oxygen atoms in total. The minimum absolute atomic E-state index is 0.141. The van der Waals surface area contributed by atoms with E-state index >= 15 is 0 Å². The molecule has 98 valence electrons. The Labute approximate surface area is 113 Å². The van der Waals surface area contributed by atoms with Gasteiger partial charge in [-0.2, -0.15) is 0 Å². The zero-order valence-electron chi connectivity index (χ0n) is 10.8. The number of aliphatic hydroxyl groups excluding tert-OH is 1. The molecule has 0 heterocycles. The van der Waals surface area contributed by atoms with Crippen LogP contribution in [-0.2, 0) is 0 Å². The largest absolute Gasteiger partial charge is 0.387 e. The molecule has 1 aliphatic carbocycles. The average molecular weight is 263 g/mol. The number of hydrogen-bond acceptors (Lipinski definition) is 3. The zero-order chi connectivity index (χ0) is 12.8. The lowest BCUT2D eigenvalue weighted by molar-refractivity contribution is 0.184. The molecule has 0 fully saturated rings. The number of hydrogen-bond donors (Lipinski definition) is 2. The van der Waals surface area contributed by atoms with Gasteiger partial charge in [0, 0.05) is 10.1 Å². The van der Waals surface area contributed by atoms with Crippen LogP contribution in [0.25, 0.3) is 0 Å². The smallest absolute Gasteiger partial charge is 0.0888 e. The Morgan fingerprint density at radius 3 is 2.72 bits per heavy atom. The highest BCUT2D eigenvalue weighted by atomic mass is 32.2. The molecule has 2 rings (SSSR count). The summed E-state index contributed by atoms with van der Waals surface area (Å²) in [6.07, 6.45) is 6.00. The van der Waals surface area contributed by atoms with Crippen molar-refractivity contribution in [1.29, 1.82) is 0 Å². The Hall–Kier alpha value is -0.770. The molecular weight excluding hydrogens is 242 g/mol. The minimum Gasteiger partial charge on any atom is -0.387 e. The molecule has 1 aliphatic rings. The Balaban J connectivity index is 1.92. The number of aliphatic hydroxyl groups is 1. The van der Waals surface area contributed by atoms with Crippen LogP contribution in [-0.4, -0.2) is 29.0 Å². The molecule has 3 heteroatoms. The van der Waals surface area contributed by atoms with Crippen molar-refractivity contribution in [2.45, 2.75) is 42.1 Å². The normalized spacial score (nSPS) is 26.7. The van der Waals surface area contributed by atoms with E-state index in [4.69, 9.17) is 0 Å². The maximum Gasteiger partial charge on any atom is 0.0888 e. The van der Waals surface area contributed by atoms with Crippen molar-refractivity contribution in [3.63, 3.8) is 0 Å². The van der Waals surface area contributed by atoms with Crippen molar-refractivity contribution in [3.8, 4) is 0 Å². The predicted octanol–water partition coefficient (Wildman–Crippen LogP) is 2.84. The SMILES string of the molecule is CCCCN[C@@H]1[C@@H](O)C=C[C@H]1Sc1ccccc1. The van der Waals surface area contributed by atoms with Crippen LogP contribution in [0.4, 0.5) is 0 Å². The van der Waals surface area contributed by atoms with Crippen molar-refractivity contribution >= 4 is 11.8 Å². The van der Waals surface area contributed by atoms with Gasteiger partial charge in [-0.1, -0.05) is 43.7 Å². The van der Waals surface area contributed by atoms with Crippen molar-refractivity contribution in [2.75, 3.05) is 6.54 Å². The first kappa shape index (κ1) is 13.7. The lowest BCUT2D eigenvalue weighted by Crippen LogP contribution is -2.42. The molecule has 0 bridgehead atoms. The molecule has 3 atom stereocenters. The minimum atomic E-state index is -0.358. The van der Waals surface area contributed by atoms with E-state index in [0.29, 0.717) is 5.25 Å². The van der Waals surface area contributed by atoms with Crippen LogP contribution in [0.15, 0.2) is 47.4 Å². The average Bonchev–Trinajstić information content (AvgIpc) is 2.73. The zero-order valence-corrected chi connectivity index (χ0v) is 11.6. The second kappa shape index (κ2) is 6.98. The van der Waals surface area contributed by atoms with Gasteiger partial charge < -0.3 is 10.4 Å². The molecule has 0 aromatic heterocycles. The Kier molecular flexibility index (Phi) is 5.29. The maximum absolute atomic E-state index is 9.97. The highest BCUT2D eigenvalue weighted by Crippen LogP contribution is 2.30. The van der Waals surface area contributed by atoms with Gasteiger partial charge in [0.25, 0.3) is 0 Å². The van der Waals surface area contributed by atoms with E-state index in [2.05, 4.69) is 42.6 Å². The first-order valence-corrected chi connectivity index (χ1v) is 7.50. The van der Waals surface area contributed by atoms with E-state index < -0.39 is 0 Å². The van der Waals surface area contributed by atoms with E-state index in [1.807, 2.05) is 23.9 Å². The molecule has 1 aromatic carbocycles. The number of rotatable bonds is 6. The lowest BCUT2D eigenvalue weighted by atomic mass is 10.2. The summed E-state index contributed by atoms with van der Waals surface area (Å²) in [6, 6.07) is 10.5. The quantitative estimate of drug-likeness (QED) is 0.611. The topological polar surface area (TPSA) is 32.3 Å². The fourth-order valence-electron chi connectivity index (χ4n) is 2.11. The molecule has 0 unspecified atom stereocenters. The van der Waals surface area contributed by atoms with E-state index in [0.717, 1.165) is 13.0 Å². The van der Waals surface area contributed by atoms with Crippen LogP contribution in [0.3, 0.4) is 0 Å². The van der Waals surface area contributed by atoms with Crippen LogP contribution in [0.2, 0.25) is 0 Å². The van der Waals surface area contributed by atoms with E-state index in [-0.39, 0.29) is 12.1 Å². The second-order valence-electron chi connectivity index (χ2n) is 4.60. The van der Waals surface area contributed by atoms with Gasteiger partial charge >= 0.3 is 0 Å². The van der Waals surface area contributed by atoms with Gasteiger partial charge in [-0.05, 0) is 25.1 Å². The number of benzene rings is 1. The van der Waals surface area contributed by atoms with Gasteiger partial charge in [0.05, 0.1) is 12.1 Å². The second-order valence-corrected chi connectivity index (χ2v) is 5.86. The van der Waals surface area contributed by atoms with Gasteiger partial charge in [-0.25, -0.2) is 0 Å². The molecule has 18 heavy (non-hydrogen) atoms. The first-order valence-electron chi connectivity index (χ1n) is 6.62. The molecule has 0 saturated heterocycles. The summed E-state index contributed by atoms with van der Waals surface area (Å²) in [7, 11) is 0. The van der Waals surface area contributed by atoms with Crippen LogP contribution < -0.4 is 5.32 Å². The van der Waals surface area contributed by atoms with Gasteiger partial charge in [0.1, 0.15) is 0 Å². The van der Waals surface area contributed by atoms with Gasteiger partial charge in [-0.3, -0.25) is 0 Å². The van der Waals surface area contributed by atoms with E-state index in [1.165, 1.54) is 11.3 Å². The monoisotopic (exact) mass is 263 g/mol. The predicted molar refractivity (Wildman–Crippen MR) is 77.9 cm³/mol. The molecule has 0 spiro atoms. The molecule has 0 saturated carbocycles. The van der Waals surface area contributed by atoms with Crippen molar-refractivity contribution < 1.29 is 5.11 Å². The highest BCUT2D eigenvalue weighted by molar-refractivity contribution is 8.00. The summed E-state index contributed by atoms with van der Waals surface area (Å²) < 4.78 is 0. The maximum atomic E-state index is 9.97. The highest BCUT2D eigenvalue weighted by Gasteiger charge is 2.30. The lowest BCUT2D eigenvalue weighted by Gasteiger charge is -2.23. The van der Waals surface area contributed by atoms with E-state index in [1.54, 1.807) is 0 Å². The molecule has 2 N–H and O–H groups in total. The molecule has 0 amide bonds. The van der Waals surface area contributed by atoms with Crippen LogP contribution >= 0.6 is 11.8 Å². The summed E-state index contributed by atoms with van der Waals surface area (Å²) in [4.78, 5) is 1.25.